The molecule has 1 heterocycles. The molecule has 2 aromatic carbocycles. The number of rotatable bonds is 1. The van der Waals surface area contributed by atoms with E-state index < -0.39 is 0 Å². The topological polar surface area (TPSA) is 50.2 Å². The summed E-state index contributed by atoms with van der Waals surface area (Å²) in [5.74, 6) is -0.131. The molecule has 0 unspecified atom stereocenters. The smallest absolute Gasteiger partial charge is 0.198 e. The van der Waals surface area contributed by atoms with Gasteiger partial charge in [0.25, 0.3) is 0 Å². The summed E-state index contributed by atoms with van der Waals surface area (Å²) >= 11 is 3.37. The van der Waals surface area contributed by atoms with Gasteiger partial charge in [-0.15, -0.1) is 0 Å². The van der Waals surface area contributed by atoms with Crippen molar-refractivity contribution in [1.82, 2.24) is 4.98 Å². The fraction of sp³-hybridized carbons (Fsp3) is 0. The van der Waals surface area contributed by atoms with Crippen molar-refractivity contribution in [3.63, 3.8) is 0 Å². The van der Waals surface area contributed by atoms with Crippen LogP contribution in [0.2, 0.25) is 0 Å². The Morgan fingerprint density at radius 1 is 0.955 bits per heavy atom. The Morgan fingerprint density at radius 2 is 1.77 bits per heavy atom. The molecule has 1 aliphatic rings. The van der Waals surface area contributed by atoms with Crippen molar-refractivity contribution >= 4 is 43.9 Å². The van der Waals surface area contributed by atoms with E-state index >= 15 is 0 Å². The number of nitrogens with zero attached hydrogens (tertiary/aromatic N) is 1. The van der Waals surface area contributed by atoms with Crippen LogP contribution in [0.5, 0.6) is 0 Å². The molecule has 1 aromatic heterocycles. The Morgan fingerprint density at radius 3 is 2.64 bits per heavy atom. The molecule has 0 bridgehead atoms. The molecule has 0 saturated carbocycles. The number of aliphatic hydroxyl groups excluding tert-OH is 1. The lowest BCUT2D eigenvalue weighted by Gasteiger charge is -2.06. The second-order valence-corrected chi connectivity index (χ2v) is 6.03. The third kappa shape index (κ3) is 1.81. The zero-order valence-corrected chi connectivity index (χ0v) is 13.0. The largest absolute Gasteiger partial charge is 0.507 e. The third-order valence-corrected chi connectivity index (χ3v) is 4.36. The third-order valence-electron chi connectivity index (χ3n) is 3.86. The van der Waals surface area contributed by atoms with Crippen LogP contribution in [-0.2, 0) is 0 Å². The number of allylic oxidation sites excluding steroid dienone is 1. The van der Waals surface area contributed by atoms with Crippen LogP contribution < -0.4 is 0 Å². The number of pyridine rings is 1. The molecule has 0 atom stereocenters. The first-order valence-electron chi connectivity index (χ1n) is 6.79. The normalized spacial score (nSPS) is 13.8. The van der Waals surface area contributed by atoms with Crippen molar-refractivity contribution in [3.8, 4) is 0 Å². The van der Waals surface area contributed by atoms with Crippen LogP contribution in [0.1, 0.15) is 21.5 Å². The molecule has 3 aromatic rings. The SMILES string of the molecule is O=C1C(c2ccnc3ccccc23)=C(O)c2cc(Br)ccc21. The van der Waals surface area contributed by atoms with E-state index in [2.05, 4.69) is 20.9 Å². The molecule has 22 heavy (non-hydrogen) atoms. The number of hydrogen-bond donors (Lipinski definition) is 1. The fourth-order valence-corrected chi connectivity index (χ4v) is 3.21. The summed E-state index contributed by atoms with van der Waals surface area (Å²) in [5.41, 5.74) is 2.93. The van der Waals surface area contributed by atoms with Crippen molar-refractivity contribution in [2.24, 2.45) is 0 Å². The molecule has 0 aliphatic heterocycles. The molecule has 1 aliphatic carbocycles. The average molecular weight is 352 g/mol. The molecule has 106 valence electrons. The number of ketones is 1. The first-order chi connectivity index (χ1) is 10.7. The lowest BCUT2D eigenvalue weighted by molar-refractivity contribution is 0.105. The highest BCUT2D eigenvalue weighted by Gasteiger charge is 2.31. The maximum Gasteiger partial charge on any atom is 0.198 e. The monoisotopic (exact) mass is 351 g/mol. The van der Waals surface area contributed by atoms with Gasteiger partial charge in [-0.25, -0.2) is 0 Å². The predicted molar refractivity (Wildman–Crippen MR) is 89.7 cm³/mol. The first-order valence-corrected chi connectivity index (χ1v) is 7.58. The minimum absolute atomic E-state index is 0.0256. The Kier molecular flexibility index (Phi) is 2.87. The van der Waals surface area contributed by atoms with Gasteiger partial charge in [-0.2, -0.15) is 0 Å². The summed E-state index contributed by atoms with van der Waals surface area (Å²) < 4.78 is 0.825. The molecule has 1 N–H and O–H groups in total. The molecule has 0 saturated heterocycles. The average Bonchev–Trinajstić information content (AvgIpc) is 2.78. The Hall–Kier alpha value is -2.46. The molecular weight excluding hydrogens is 342 g/mol. The van der Waals surface area contributed by atoms with Crippen molar-refractivity contribution in [1.29, 1.82) is 0 Å². The van der Waals surface area contributed by atoms with E-state index in [1.165, 1.54) is 0 Å². The molecule has 4 rings (SSSR count). The van der Waals surface area contributed by atoms with Crippen molar-refractivity contribution in [3.05, 3.63) is 75.9 Å². The lowest BCUT2D eigenvalue weighted by Crippen LogP contribution is -1.99. The van der Waals surface area contributed by atoms with Crippen LogP contribution in [0.4, 0.5) is 0 Å². The molecular formula is C18H10BrNO2. The van der Waals surface area contributed by atoms with Gasteiger partial charge in [-0.3, -0.25) is 9.78 Å². The predicted octanol–water partition coefficient (Wildman–Crippen LogP) is 4.62. The number of benzene rings is 2. The van der Waals surface area contributed by atoms with Crippen molar-refractivity contribution in [2.75, 3.05) is 0 Å². The van der Waals surface area contributed by atoms with Gasteiger partial charge in [0.2, 0.25) is 0 Å². The Balaban J connectivity index is 2.02. The van der Waals surface area contributed by atoms with Gasteiger partial charge < -0.3 is 5.11 Å². The summed E-state index contributed by atoms with van der Waals surface area (Å²) in [6.45, 7) is 0. The summed E-state index contributed by atoms with van der Waals surface area (Å²) in [6, 6.07) is 14.7. The number of hydrogen-bond acceptors (Lipinski definition) is 3. The van der Waals surface area contributed by atoms with Gasteiger partial charge in [0.15, 0.2) is 5.78 Å². The summed E-state index contributed by atoms with van der Waals surface area (Å²) in [6.07, 6.45) is 1.66. The molecule has 0 spiro atoms. The van der Waals surface area contributed by atoms with Crippen LogP contribution in [0.3, 0.4) is 0 Å². The minimum atomic E-state index is -0.156. The minimum Gasteiger partial charge on any atom is -0.507 e. The number of carbonyl (C=O) groups is 1. The highest BCUT2D eigenvalue weighted by Crippen LogP contribution is 2.39. The number of aromatic nitrogens is 1. The molecule has 0 amide bonds. The van der Waals surface area contributed by atoms with E-state index in [0.29, 0.717) is 22.3 Å². The van der Waals surface area contributed by atoms with Crippen LogP contribution >= 0.6 is 15.9 Å². The zero-order chi connectivity index (χ0) is 15.3. The van der Waals surface area contributed by atoms with Gasteiger partial charge in [-0.1, -0.05) is 34.1 Å². The summed E-state index contributed by atoms with van der Waals surface area (Å²) in [4.78, 5) is 17.0. The van der Waals surface area contributed by atoms with E-state index in [1.54, 1.807) is 30.5 Å². The number of aliphatic hydroxyl groups is 1. The van der Waals surface area contributed by atoms with Crippen LogP contribution in [0.25, 0.3) is 22.2 Å². The zero-order valence-electron chi connectivity index (χ0n) is 11.4. The Labute approximate surface area is 135 Å². The van der Waals surface area contributed by atoms with Crippen LogP contribution in [0.15, 0.2) is 59.2 Å². The number of Topliss-reactive ketones (excluding diaryl/α,β-unsaturated/α-hetero) is 1. The summed E-state index contributed by atoms with van der Waals surface area (Å²) in [7, 11) is 0. The van der Waals surface area contributed by atoms with Gasteiger partial charge in [0.05, 0.1) is 11.1 Å². The number of fused-ring (bicyclic) bond motifs is 2. The lowest BCUT2D eigenvalue weighted by atomic mass is 9.98. The highest BCUT2D eigenvalue weighted by atomic mass is 79.9. The highest BCUT2D eigenvalue weighted by molar-refractivity contribution is 9.10. The molecule has 0 radical (unpaired) electrons. The second kappa shape index (κ2) is 4.78. The number of carbonyl (C=O) groups excluding carboxylic acids is 1. The Bertz CT molecular complexity index is 970. The van der Waals surface area contributed by atoms with Gasteiger partial charge >= 0.3 is 0 Å². The maximum atomic E-state index is 12.7. The first kappa shape index (κ1) is 13.2. The standard InChI is InChI=1S/C18H10BrNO2/c19-10-5-6-13-14(9-10)18(22)16(17(13)21)12-7-8-20-15-4-2-1-3-11(12)15/h1-9,22H. The van der Waals surface area contributed by atoms with Gasteiger partial charge in [0, 0.05) is 32.7 Å². The molecule has 4 heteroatoms. The molecule has 3 nitrogen and oxygen atoms in total. The van der Waals surface area contributed by atoms with E-state index in [-0.39, 0.29) is 11.5 Å². The summed E-state index contributed by atoms with van der Waals surface area (Å²) in [5, 5.41) is 11.4. The number of halogens is 1. The van der Waals surface area contributed by atoms with E-state index in [9.17, 15) is 9.90 Å². The fourth-order valence-electron chi connectivity index (χ4n) is 2.85. The van der Waals surface area contributed by atoms with Crippen LogP contribution in [0, 0.1) is 0 Å². The van der Waals surface area contributed by atoms with Crippen molar-refractivity contribution in [2.45, 2.75) is 0 Å². The quantitative estimate of drug-likeness (QED) is 0.695. The number of para-hydroxylation sites is 1. The van der Waals surface area contributed by atoms with E-state index in [1.807, 2.05) is 24.3 Å². The van der Waals surface area contributed by atoms with Gasteiger partial charge in [-0.05, 0) is 30.3 Å². The van der Waals surface area contributed by atoms with Crippen LogP contribution in [-0.4, -0.2) is 15.9 Å². The second-order valence-electron chi connectivity index (χ2n) is 5.12. The van der Waals surface area contributed by atoms with E-state index in [0.717, 1.165) is 15.4 Å². The van der Waals surface area contributed by atoms with Crippen molar-refractivity contribution < 1.29 is 9.90 Å². The molecule has 0 fully saturated rings. The van der Waals surface area contributed by atoms with E-state index in [4.69, 9.17) is 0 Å². The van der Waals surface area contributed by atoms with Gasteiger partial charge in [0.1, 0.15) is 5.76 Å². The maximum absolute atomic E-state index is 12.7.